The van der Waals surface area contributed by atoms with Gasteiger partial charge in [-0.15, -0.1) is 0 Å². The fraction of sp³-hybridized carbons (Fsp3) is 0.316. The smallest absolute Gasteiger partial charge is 0.255 e. The van der Waals surface area contributed by atoms with Crippen LogP contribution in [0.25, 0.3) is 5.82 Å². The van der Waals surface area contributed by atoms with Crippen LogP contribution in [-0.2, 0) is 6.42 Å². The Morgan fingerprint density at radius 1 is 1.23 bits per heavy atom. The predicted octanol–water partition coefficient (Wildman–Crippen LogP) is 2.60. The molecule has 0 aromatic carbocycles. The summed E-state index contributed by atoms with van der Waals surface area (Å²) < 4.78 is 1.94. The molecule has 7 heteroatoms. The number of hydrogen-bond acceptors (Lipinski definition) is 5. The molecule has 0 aliphatic carbocycles. The molecule has 1 atom stereocenters. The second-order valence-corrected chi connectivity index (χ2v) is 6.27. The zero-order valence-electron chi connectivity index (χ0n) is 14.6. The van der Waals surface area contributed by atoms with Gasteiger partial charge in [-0.2, -0.15) is 0 Å². The van der Waals surface area contributed by atoms with Crippen molar-refractivity contribution in [3.63, 3.8) is 0 Å². The van der Waals surface area contributed by atoms with Gasteiger partial charge in [-0.1, -0.05) is 6.92 Å². The number of carbonyl (C=O) groups is 1. The molecule has 4 heterocycles. The van der Waals surface area contributed by atoms with Crippen LogP contribution in [0, 0.1) is 0 Å². The summed E-state index contributed by atoms with van der Waals surface area (Å²) in [5, 5.41) is 0. The van der Waals surface area contributed by atoms with Crippen LogP contribution in [0.4, 0.5) is 0 Å². The van der Waals surface area contributed by atoms with E-state index in [4.69, 9.17) is 4.98 Å². The van der Waals surface area contributed by atoms with Crippen LogP contribution < -0.4 is 0 Å². The highest BCUT2D eigenvalue weighted by Crippen LogP contribution is 2.32. The van der Waals surface area contributed by atoms with Gasteiger partial charge in [0.05, 0.1) is 29.7 Å². The SMILES string of the molecule is CCc1nccn1-c1cncc(C2CCCN2C(=O)c2cccnc2)n1. The Hall–Kier alpha value is -3.09. The molecule has 26 heavy (non-hydrogen) atoms. The van der Waals surface area contributed by atoms with Crippen molar-refractivity contribution < 1.29 is 4.79 Å². The summed E-state index contributed by atoms with van der Waals surface area (Å²) in [5.74, 6) is 1.66. The van der Waals surface area contributed by atoms with Gasteiger partial charge in [0.2, 0.25) is 0 Å². The van der Waals surface area contributed by atoms with Gasteiger partial charge in [0.15, 0.2) is 5.82 Å². The highest BCUT2D eigenvalue weighted by Gasteiger charge is 2.32. The first-order valence-corrected chi connectivity index (χ1v) is 8.83. The van der Waals surface area contributed by atoms with E-state index in [2.05, 4.69) is 21.9 Å². The lowest BCUT2D eigenvalue weighted by Gasteiger charge is -2.24. The summed E-state index contributed by atoms with van der Waals surface area (Å²) in [7, 11) is 0. The number of amides is 1. The predicted molar refractivity (Wildman–Crippen MR) is 95.8 cm³/mol. The van der Waals surface area contributed by atoms with Gasteiger partial charge >= 0.3 is 0 Å². The summed E-state index contributed by atoms with van der Waals surface area (Å²) in [6.07, 6.45) is 13.1. The molecule has 1 unspecified atom stereocenters. The Bertz CT molecular complexity index is 907. The lowest BCUT2D eigenvalue weighted by atomic mass is 10.1. The molecule has 7 nitrogen and oxygen atoms in total. The van der Waals surface area contributed by atoms with Crippen LogP contribution in [-0.4, -0.2) is 41.9 Å². The quantitative estimate of drug-likeness (QED) is 0.724. The Kier molecular flexibility index (Phi) is 4.43. The average Bonchev–Trinajstić information content (AvgIpc) is 3.37. The number of pyridine rings is 1. The maximum absolute atomic E-state index is 12.9. The van der Waals surface area contributed by atoms with Crippen LogP contribution >= 0.6 is 0 Å². The maximum Gasteiger partial charge on any atom is 0.255 e. The fourth-order valence-electron chi connectivity index (χ4n) is 3.42. The third-order valence-corrected chi connectivity index (χ3v) is 4.68. The summed E-state index contributed by atoms with van der Waals surface area (Å²) in [4.78, 5) is 32.3. The molecule has 0 radical (unpaired) electrons. The molecule has 3 aromatic rings. The molecule has 0 bridgehead atoms. The molecule has 132 valence electrons. The van der Waals surface area contributed by atoms with Crippen molar-refractivity contribution in [3.05, 3.63) is 66.4 Å². The number of imidazole rings is 1. The van der Waals surface area contributed by atoms with E-state index in [9.17, 15) is 4.79 Å². The van der Waals surface area contributed by atoms with Crippen LogP contribution in [0.2, 0.25) is 0 Å². The monoisotopic (exact) mass is 348 g/mol. The Balaban J connectivity index is 1.64. The van der Waals surface area contributed by atoms with Crippen molar-refractivity contribution >= 4 is 5.91 Å². The van der Waals surface area contributed by atoms with Gasteiger partial charge in [0.25, 0.3) is 5.91 Å². The highest BCUT2D eigenvalue weighted by molar-refractivity contribution is 5.94. The molecule has 0 saturated carbocycles. The van der Waals surface area contributed by atoms with E-state index in [1.165, 1.54) is 0 Å². The van der Waals surface area contributed by atoms with Crippen LogP contribution in [0.3, 0.4) is 0 Å². The Morgan fingerprint density at radius 3 is 2.96 bits per heavy atom. The van der Waals surface area contributed by atoms with E-state index < -0.39 is 0 Å². The number of rotatable bonds is 4. The minimum atomic E-state index is -0.0660. The van der Waals surface area contributed by atoms with Crippen molar-refractivity contribution in [1.29, 1.82) is 0 Å². The Labute approximate surface area is 151 Å². The maximum atomic E-state index is 12.9. The second kappa shape index (κ2) is 7.03. The molecule has 1 fully saturated rings. The third kappa shape index (κ3) is 2.96. The molecule has 0 N–H and O–H groups in total. The number of nitrogens with zero attached hydrogens (tertiary/aromatic N) is 6. The number of likely N-dealkylation sites (tertiary alicyclic amines) is 1. The normalized spacial score (nSPS) is 16.8. The van der Waals surface area contributed by atoms with Gasteiger partial charge in [-0.3, -0.25) is 19.3 Å². The van der Waals surface area contributed by atoms with Crippen molar-refractivity contribution in [2.24, 2.45) is 0 Å². The van der Waals surface area contributed by atoms with Crippen molar-refractivity contribution in [2.45, 2.75) is 32.2 Å². The van der Waals surface area contributed by atoms with E-state index in [1.807, 2.05) is 15.7 Å². The molecule has 1 amide bonds. The first kappa shape index (κ1) is 16.4. The lowest BCUT2D eigenvalue weighted by molar-refractivity contribution is 0.0732. The van der Waals surface area contributed by atoms with E-state index >= 15 is 0 Å². The van der Waals surface area contributed by atoms with E-state index in [0.29, 0.717) is 5.56 Å². The summed E-state index contributed by atoms with van der Waals surface area (Å²) in [6, 6.07) is 3.51. The molecular weight excluding hydrogens is 328 g/mol. The minimum absolute atomic E-state index is 0.00955. The van der Waals surface area contributed by atoms with Crippen LogP contribution in [0.1, 0.15) is 47.7 Å². The fourth-order valence-corrected chi connectivity index (χ4v) is 3.42. The number of aryl methyl sites for hydroxylation is 1. The number of carbonyl (C=O) groups excluding carboxylic acids is 1. The average molecular weight is 348 g/mol. The summed E-state index contributed by atoms with van der Waals surface area (Å²) in [6.45, 7) is 2.77. The van der Waals surface area contributed by atoms with Gasteiger partial charge in [-0.05, 0) is 25.0 Å². The van der Waals surface area contributed by atoms with Crippen molar-refractivity contribution in [3.8, 4) is 5.82 Å². The van der Waals surface area contributed by atoms with E-state index in [-0.39, 0.29) is 11.9 Å². The molecular formula is C19H20N6O. The zero-order chi connectivity index (χ0) is 17.9. The van der Waals surface area contributed by atoms with Crippen LogP contribution in [0.5, 0.6) is 0 Å². The molecule has 0 spiro atoms. The van der Waals surface area contributed by atoms with Gasteiger partial charge < -0.3 is 4.90 Å². The summed E-state index contributed by atoms with van der Waals surface area (Å²) in [5.41, 5.74) is 1.42. The Morgan fingerprint density at radius 2 is 2.15 bits per heavy atom. The molecule has 1 saturated heterocycles. The highest BCUT2D eigenvalue weighted by atomic mass is 16.2. The number of hydrogen-bond donors (Lipinski definition) is 0. The second-order valence-electron chi connectivity index (χ2n) is 6.27. The molecule has 4 rings (SSSR count). The van der Waals surface area contributed by atoms with E-state index in [1.54, 1.807) is 43.1 Å². The topological polar surface area (TPSA) is 76.8 Å². The third-order valence-electron chi connectivity index (χ3n) is 4.68. The van der Waals surface area contributed by atoms with Crippen molar-refractivity contribution in [1.82, 2.24) is 29.4 Å². The zero-order valence-corrected chi connectivity index (χ0v) is 14.6. The molecule has 1 aliphatic heterocycles. The molecule has 1 aliphatic rings. The largest absolute Gasteiger partial charge is 0.330 e. The first-order chi connectivity index (χ1) is 12.8. The summed E-state index contributed by atoms with van der Waals surface area (Å²) >= 11 is 0. The van der Waals surface area contributed by atoms with Crippen LogP contribution in [0.15, 0.2) is 49.3 Å². The van der Waals surface area contributed by atoms with E-state index in [0.717, 1.165) is 43.1 Å². The standard InChI is InChI=1S/C19H20N6O/c1-2-17-22-8-10-25(17)18-13-21-12-15(23-18)16-6-4-9-24(16)19(26)14-5-3-7-20-11-14/h3,5,7-8,10-13,16H,2,4,6,9H2,1H3. The van der Waals surface area contributed by atoms with Crippen molar-refractivity contribution in [2.75, 3.05) is 6.54 Å². The first-order valence-electron chi connectivity index (χ1n) is 8.83. The van der Waals surface area contributed by atoms with Gasteiger partial charge in [-0.25, -0.2) is 9.97 Å². The van der Waals surface area contributed by atoms with Gasteiger partial charge in [0, 0.05) is 37.8 Å². The molecule has 3 aromatic heterocycles. The lowest BCUT2D eigenvalue weighted by Crippen LogP contribution is -2.31. The minimum Gasteiger partial charge on any atom is -0.330 e. The van der Waals surface area contributed by atoms with Gasteiger partial charge in [0.1, 0.15) is 5.82 Å². The number of aromatic nitrogens is 5.